The molecule has 5 heteroatoms. The van der Waals surface area contributed by atoms with Crippen LogP contribution in [-0.2, 0) is 0 Å². The van der Waals surface area contributed by atoms with Crippen LogP contribution in [0.15, 0.2) is 24.3 Å². The molecule has 1 N–H and O–H groups in total. The molecule has 0 spiro atoms. The van der Waals surface area contributed by atoms with E-state index in [-0.39, 0.29) is 11.9 Å². The highest BCUT2D eigenvalue weighted by Crippen LogP contribution is 2.19. The lowest BCUT2D eigenvalue weighted by Crippen LogP contribution is -2.52. The van der Waals surface area contributed by atoms with Crippen molar-refractivity contribution >= 4 is 16.8 Å². The fourth-order valence-electron chi connectivity index (χ4n) is 2.70. The second-order valence-electron chi connectivity index (χ2n) is 5.23. The van der Waals surface area contributed by atoms with Crippen LogP contribution in [-0.4, -0.2) is 58.6 Å². The largest absolute Gasteiger partial charge is 0.332 e. The van der Waals surface area contributed by atoms with E-state index in [2.05, 4.69) is 29.1 Å². The van der Waals surface area contributed by atoms with E-state index in [1.165, 1.54) is 0 Å². The summed E-state index contributed by atoms with van der Waals surface area (Å²) in [6, 6.07) is 7.97. The van der Waals surface area contributed by atoms with E-state index in [1.54, 1.807) is 0 Å². The van der Waals surface area contributed by atoms with Gasteiger partial charge in [0, 0.05) is 31.1 Å². The van der Waals surface area contributed by atoms with Crippen LogP contribution in [0.25, 0.3) is 10.9 Å². The van der Waals surface area contributed by atoms with Gasteiger partial charge in [-0.25, -0.2) is 0 Å². The van der Waals surface area contributed by atoms with Crippen LogP contribution in [0.4, 0.5) is 0 Å². The highest BCUT2D eigenvalue weighted by molar-refractivity contribution is 6.04. The van der Waals surface area contributed by atoms with Gasteiger partial charge in [-0.2, -0.15) is 5.10 Å². The summed E-state index contributed by atoms with van der Waals surface area (Å²) in [6.07, 6.45) is 0. The number of fused-ring (bicyclic) bond motifs is 1. The average molecular weight is 258 g/mol. The van der Waals surface area contributed by atoms with Crippen LogP contribution in [0, 0.1) is 0 Å². The number of amides is 1. The highest BCUT2D eigenvalue weighted by atomic mass is 16.2. The summed E-state index contributed by atoms with van der Waals surface area (Å²) in [4.78, 5) is 16.8. The molecule has 2 aromatic rings. The molecule has 1 aromatic carbocycles. The zero-order chi connectivity index (χ0) is 13.4. The molecule has 1 fully saturated rings. The van der Waals surface area contributed by atoms with Gasteiger partial charge in [-0.15, -0.1) is 0 Å². The topological polar surface area (TPSA) is 52.2 Å². The van der Waals surface area contributed by atoms with E-state index in [4.69, 9.17) is 0 Å². The molecule has 0 aliphatic carbocycles. The number of para-hydroxylation sites is 1. The monoisotopic (exact) mass is 258 g/mol. The van der Waals surface area contributed by atoms with Gasteiger partial charge in [0.1, 0.15) is 0 Å². The van der Waals surface area contributed by atoms with Gasteiger partial charge in [0.05, 0.1) is 5.52 Å². The first-order valence-corrected chi connectivity index (χ1v) is 6.59. The van der Waals surface area contributed by atoms with Gasteiger partial charge in [-0.3, -0.25) is 9.89 Å². The minimum atomic E-state index is 0.0260. The molecule has 5 nitrogen and oxygen atoms in total. The molecule has 1 amide bonds. The summed E-state index contributed by atoms with van der Waals surface area (Å²) < 4.78 is 0. The molecule has 1 saturated heterocycles. The molecule has 3 rings (SSSR count). The van der Waals surface area contributed by atoms with Crippen LogP contribution in [0.3, 0.4) is 0 Å². The number of likely N-dealkylation sites (N-methyl/N-ethyl adjacent to an activating group) is 1. The number of nitrogens with zero attached hydrogens (tertiary/aromatic N) is 3. The summed E-state index contributed by atoms with van der Waals surface area (Å²) in [5, 5.41) is 8.02. The third kappa shape index (κ3) is 2.10. The molecule has 0 bridgehead atoms. The maximum atomic E-state index is 12.6. The first kappa shape index (κ1) is 12.2. The first-order chi connectivity index (χ1) is 9.16. The van der Waals surface area contributed by atoms with Crippen molar-refractivity contribution in [3.8, 4) is 0 Å². The summed E-state index contributed by atoms with van der Waals surface area (Å²) in [5.41, 5.74) is 1.44. The van der Waals surface area contributed by atoms with Crippen LogP contribution in [0.1, 0.15) is 17.4 Å². The van der Waals surface area contributed by atoms with Gasteiger partial charge in [-0.1, -0.05) is 18.2 Å². The van der Waals surface area contributed by atoms with Crippen LogP contribution in [0.2, 0.25) is 0 Å². The molecule has 1 aliphatic rings. The number of carbonyl (C=O) groups is 1. The van der Waals surface area contributed by atoms with E-state index in [1.807, 2.05) is 29.2 Å². The average Bonchev–Trinajstić information content (AvgIpc) is 2.82. The van der Waals surface area contributed by atoms with Crippen LogP contribution < -0.4 is 0 Å². The zero-order valence-corrected chi connectivity index (χ0v) is 11.3. The highest BCUT2D eigenvalue weighted by Gasteiger charge is 2.28. The van der Waals surface area contributed by atoms with Crippen LogP contribution in [0.5, 0.6) is 0 Å². The molecular formula is C14H18N4O. The Morgan fingerprint density at radius 2 is 2.16 bits per heavy atom. The Morgan fingerprint density at radius 3 is 2.95 bits per heavy atom. The lowest BCUT2D eigenvalue weighted by molar-refractivity contribution is 0.0529. The number of hydrogen-bond donors (Lipinski definition) is 1. The molecule has 1 aliphatic heterocycles. The quantitative estimate of drug-likeness (QED) is 0.839. The Balaban J connectivity index is 1.91. The fraction of sp³-hybridized carbons (Fsp3) is 0.429. The molecule has 1 atom stereocenters. The lowest BCUT2D eigenvalue weighted by atomic mass is 10.1. The number of piperazine rings is 1. The molecule has 19 heavy (non-hydrogen) atoms. The van der Waals surface area contributed by atoms with Crippen molar-refractivity contribution in [1.82, 2.24) is 20.0 Å². The van der Waals surface area contributed by atoms with Gasteiger partial charge >= 0.3 is 0 Å². The van der Waals surface area contributed by atoms with Crippen LogP contribution >= 0.6 is 0 Å². The van der Waals surface area contributed by atoms with Crippen molar-refractivity contribution < 1.29 is 4.79 Å². The van der Waals surface area contributed by atoms with Crippen molar-refractivity contribution in [1.29, 1.82) is 0 Å². The second-order valence-corrected chi connectivity index (χ2v) is 5.23. The van der Waals surface area contributed by atoms with Gasteiger partial charge < -0.3 is 9.80 Å². The number of hydrogen-bond acceptors (Lipinski definition) is 3. The molecule has 1 aromatic heterocycles. The number of carbonyl (C=O) groups excluding carboxylic acids is 1. The minimum Gasteiger partial charge on any atom is -0.332 e. The van der Waals surface area contributed by atoms with Crippen molar-refractivity contribution in [2.24, 2.45) is 0 Å². The van der Waals surface area contributed by atoms with Gasteiger partial charge in [0.2, 0.25) is 0 Å². The Hall–Kier alpha value is -1.88. The predicted octanol–water partition coefficient (Wildman–Crippen LogP) is 1.34. The first-order valence-electron chi connectivity index (χ1n) is 6.59. The van der Waals surface area contributed by atoms with Gasteiger partial charge in [0.25, 0.3) is 5.91 Å². The Bertz CT molecular complexity index is 606. The smallest absolute Gasteiger partial charge is 0.275 e. The second kappa shape index (κ2) is 4.66. The number of H-pyrrole nitrogens is 1. The third-order valence-corrected chi connectivity index (χ3v) is 3.76. The molecular weight excluding hydrogens is 240 g/mol. The molecule has 0 radical (unpaired) electrons. The fourth-order valence-corrected chi connectivity index (χ4v) is 2.70. The predicted molar refractivity (Wildman–Crippen MR) is 74.1 cm³/mol. The molecule has 1 unspecified atom stereocenters. The standard InChI is InChI=1S/C14H18N4O/c1-10-9-17(2)7-8-18(10)14(19)13-11-5-3-4-6-12(11)15-16-13/h3-6,10H,7-9H2,1-2H3,(H,15,16). The number of aromatic amines is 1. The molecule has 0 saturated carbocycles. The summed E-state index contributed by atoms with van der Waals surface area (Å²) >= 11 is 0. The van der Waals surface area contributed by atoms with E-state index >= 15 is 0 Å². The maximum Gasteiger partial charge on any atom is 0.275 e. The maximum absolute atomic E-state index is 12.6. The summed E-state index contributed by atoms with van der Waals surface area (Å²) in [5.74, 6) is 0.0260. The Kier molecular flexibility index (Phi) is 2.98. The van der Waals surface area contributed by atoms with E-state index in [9.17, 15) is 4.79 Å². The zero-order valence-electron chi connectivity index (χ0n) is 11.3. The molecule has 100 valence electrons. The number of aromatic nitrogens is 2. The van der Waals surface area contributed by atoms with E-state index in [0.29, 0.717) is 5.69 Å². The lowest BCUT2D eigenvalue weighted by Gasteiger charge is -2.37. The number of nitrogens with one attached hydrogen (secondary N) is 1. The Morgan fingerprint density at radius 1 is 1.37 bits per heavy atom. The SMILES string of the molecule is CC1CN(C)CCN1C(=O)c1n[nH]c2ccccc12. The summed E-state index contributed by atoms with van der Waals surface area (Å²) in [7, 11) is 2.09. The third-order valence-electron chi connectivity index (χ3n) is 3.76. The van der Waals surface area contributed by atoms with Gasteiger partial charge in [-0.05, 0) is 20.0 Å². The minimum absolute atomic E-state index is 0.0260. The Labute approximate surface area is 112 Å². The van der Waals surface area contributed by atoms with Crippen molar-refractivity contribution in [3.63, 3.8) is 0 Å². The normalized spacial score (nSPS) is 20.9. The van der Waals surface area contributed by atoms with Crippen molar-refractivity contribution in [3.05, 3.63) is 30.0 Å². The van der Waals surface area contributed by atoms with Crippen molar-refractivity contribution in [2.75, 3.05) is 26.7 Å². The van der Waals surface area contributed by atoms with Gasteiger partial charge in [0.15, 0.2) is 5.69 Å². The van der Waals surface area contributed by atoms with E-state index < -0.39 is 0 Å². The number of rotatable bonds is 1. The number of benzene rings is 1. The molecule has 2 heterocycles. The van der Waals surface area contributed by atoms with Crippen molar-refractivity contribution in [2.45, 2.75) is 13.0 Å². The summed E-state index contributed by atoms with van der Waals surface area (Å²) in [6.45, 7) is 4.67. The van der Waals surface area contributed by atoms with E-state index in [0.717, 1.165) is 30.5 Å².